The van der Waals surface area contributed by atoms with Crippen LogP contribution in [0.4, 0.5) is 0 Å². The quantitative estimate of drug-likeness (QED) is 0.766. The van der Waals surface area contributed by atoms with Gasteiger partial charge in [0.15, 0.2) is 0 Å². The van der Waals surface area contributed by atoms with Crippen LogP contribution in [-0.4, -0.2) is 43.5 Å². The van der Waals surface area contributed by atoms with Crippen LogP contribution in [0.2, 0.25) is 0 Å². The predicted octanol–water partition coefficient (Wildman–Crippen LogP) is 0.502. The second kappa shape index (κ2) is 8.08. The summed E-state index contributed by atoms with van der Waals surface area (Å²) in [6, 6.07) is 7.94. The lowest BCUT2D eigenvalue weighted by Crippen LogP contribution is -2.36. The molecule has 1 saturated heterocycles. The third-order valence-corrected chi connectivity index (χ3v) is 4.21. The highest BCUT2D eigenvalue weighted by atomic mass is 16.5. The third-order valence-electron chi connectivity index (χ3n) is 4.21. The Balaban J connectivity index is 1.79. The minimum atomic E-state index is -0.282. The first kappa shape index (κ1) is 17.4. The maximum absolute atomic E-state index is 12.1. The predicted molar refractivity (Wildman–Crippen MR) is 87.3 cm³/mol. The van der Waals surface area contributed by atoms with Crippen molar-refractivity contribution in [2.24, 2.45) is 17.6 Å². The summed E-state index contributed by atoms with van der Waals surface area (Å²) in [5.74, 6) is -0.283. The van der Waals surface area contributed by atoms with Crippen molar-refractivity contribution >= 4 is 11.8 Å². The van der Waals surface area contributed by atoms with E-state index in [0.29, 0.717) is 26.2 Å². The molecule has 6 nitrogen and oxygen atoms in total. The summed E-state index contributed by atoms with van der Waals surface area (Å²) in [5.41, 5.74) is 7.50. The molecule has 6 heteroatoms. The molecular formula is C17H25N3O3. The van der Waals surface area contributed by atoms with Gasteiger partial charge < -0.3 is 15.8 Å². The number of hydrogen-bond donors (Lipinski definition) is 2. The van der Waals surface area contributed by atoms with Gasteiger partial charge in [-0.25, -0.2) is 0 Å². The smallest absolute Gasteiger partial charge is 0.234 e. The second-order valence-electron chi connectivity index (χ2n) is 6.21. The fraction of sp³-hybridized carbons (Fsp3) is 0.529. The fourth-order valence-corrected chi connectivity index (χ4v) is 3.02. The Morgan fingerprint density at radius 1 is 1.35 bits per heavy atom. The minimum absolute atomic E-state index is 0.0422. The van der Waals surface area contributed by atoms with Gasteiger partial charge in [0.1, 0.15) is 0 Å². The summed E-state index contributed by atoms with van der Waals surface area (Å²) in [6.07, 6.45) is 0. The number of nitrogens with zero attached hydrogens (tertiary/aromatic N) is 1. The molecule has 1 aromatic rings. The number of rotatable bonds is 7. The van der Waals surface area contributed by atoms with Crippen LogP contribution in [0.25, 0.3) is 0 Å². The molecule has 0 radical (unpaired) electrons. The molecule has 0 spiro atoms. The summed E-state index contributed by atoms with van der Waals surface area (Å²) in [4.78, 5) is 25.4. The number of carbonyl (C=O) groups is 2. The average Bonchev–Trinajstić information content (AvgIpc) is 2.87. The highest BCUT2D eigenvalue weighted by Gasteiger charge is 2.33. The lowest BCUT2D eigenvalue weighted by atomic mass is 9.98. The summed E-state index contributed by atoms with van der Waals surface area (Å²) in [7, 11) is 1.66. The van der Waals surface area contributed by atoms with Gasteiger partial charge in [-0.15, -0.1) is 0 Å². The van der Waals surface area contributed by atoms with E-state index in [2.05, 4.69) is 5.32 Å². The van der Waals surface area contributed by atoms with Crippen LogP contribution in [0.1, 0.15) is 18.1 Å². The van der Waals surface area contributed by atoms with Gasteiger partial charge in [0.2, 0.25) is 11.8 Å². The second-order valence-corrected chi connectivity index (χ2v) is 6.21. The Bertz CT molecular complexity index is 562. The van der Waals surface area contributed by atoms with Gasteiger partial charge in [0, 0.05) is 26.7 Å². The standard InChI is InChI=1S/C17H25N3O3/c1-12-8-20(9-15(12)17(18)22)10-16(21)19-7-13-4-3-5-14(6-13)11-23-2/h3-6,12,15H,7-11H2,1-2H3,(H2,18,22)(H,19,21)/t12-,15-/m1/s1. The molecule has 3 N–H and O–H groups in total. The van der Waals surface area contributed by atoms with E-state index >= 15 is 0 Å². The Kier molecular flexibility index (Phi) is 6.12. The number of primary amides is 1. The zero-order chi connectivity index (χ0) is 16.8. The molecule has 0 saturated carbocycles. The van der Waals surface area contributed by atoms with Crippen LogP contribution in [0, 0.1) is 11.8 Å². The average molecular weight is 319 g/mol. The van der Waals surface area contributed by atoms with Crippen molar-refractivity contribution in [2.75, 3.05) is 26.7 Å². The van der Waals surface area contributed by atoms with Crippen molar-refractivity contribution in [3.05, 3.63) is 35.4 Å². The Morgan fingerprint density at radius 2 is 2.09 bits per heavy atom. The largest absolute Gasteiger partial charge is 0.380 e. The molecule has 1 aliphatic heterocycles. The Labute approximate surface area is 137 Å². The van der Waals surface area contributed by atoms with E-state index in [9.17, 15) is 9.59 Å². The first-order chi connectivity index (χ1) is 11.0. The zero-order valence-electron chi connectivity index (χ0n) is 13.7. The van der Waals surface area contributed by atoms with E-state index in [1.165, 1.54) is 0 Å². The molecule has 0 bridgehead atoms. The lowest BCUT2D eigenvalue weighted by Gasteiger charge is -2.15. The molecule has 23 heavy (non-hydrogen) atoms. The van der Waals surface area contributed by atoms with Crippen LogP contribution in [0.15, 0.2) is 24.3 Å². The topological polar surface area (TPSA) is 84.7 Å². The SMILES string of the molecule is COCc1cccc(CNC(=O)CN2C[C@@H](C)[C@H](C(N)=O)C2)c1. The van der Waals surface area contributed by atoms with Crippen molar-refractivity contribution in [3.8, 4) is 0 Å². The summed E-state index contributed by atoms with van der Waals surface area (Å²) in [5, 5.41) is 2.92. The molecule has 126 valence electrons. The van der Waals surface area contributed by atoms with Gasteiger partial charge in [-0.2, -0.15) is 0 Å². The highest BCUT2D eigenvalue weighted by Crippen LogP contribution is 2.22. The molecule has 1 aromatic carbocycles. The van der Waals surface area contributed by atoms with Crippen molar-refractivity contribution < 1.29 is 14.3 Å². The summed E-state index contributed by atoms with van der Waals surface area (Å²) >= 11 is 0. The molecule has 0 aliphatic carbocycles. The Hall–Kier alpha value is -1.92. The summed E-state index contributed by atoms with van der Waals surface area (Å²) < 4.78 is 5.10. The van der Waals surface area contributed by atoms with Gasteiger partial charge in [0.05, 0.1) is 19.1 Å². The molecule has 0 unspecified atom stereocenters. The van der Waals surface area contributed by atoms with Crippen LogP contribution < -0.4 is 11.1 Å². The van der Waals surface area contributed by atoms with Crippen LogP contribution >= 0.6 is 0 Å². The molecule has 2 amide bonds. The van der Waals surface area contributed by atoms with Crippen LogP contribution in [0.3, 0.4) is 0 Å². The first-order valence-corrected chi connectivity index (χ1v) is 7.84. The van der Waals surface area contributed by atoms with E-state index in [-0.39, 0.29) is 23.7 Å². The van der Waals surface area contributed by atoms with Gasteiger partial charge in [0.25, 0.3) is 0 Å². The van der Waals surface area contributed by atoms with Crippen molar-refractivity contribution in [1.29, 1.82) is 0 Å². The zero-order valence-corrected chi connectivity index (χ0v) is 13.7. The number of nitrogens with two attached hydrogens (primary N) is 1. The monoisotopic (exact) mass is 319 g/mol. The first-order valence-electron chi connectivity index (χ1n) is 7.84. The van der Waals surface area contributed by atoms with Gasteiger partial charge in [-0.1, -0.05) is 31.2 Å². The normalized spacial score (nSPS) is 21.3. The number of hydrogen-bond acceptors (Lipinski definition) is 4. The van der Waals surface area contributed by atoms with Gasteiger partial charge >= 0.3 is 0 Å². The number of carbonyl (C=O) groups excluding carboxylic acids is 2. The van der Waals surface area contributed by atoms with E-state index in [1.54, 1.807) is 7.11 Å². The third kappa shape index (κ3) is 5.04. The number of likely N-dealkylation sites (tertiary alicyclic amines) is 1. The number of methoxy groups -OCH3 is 1. The molecule has 1 aliphatic rings. The summed E-state index contributed by atoms with van der Waals surface area (Å²) in [6.45, 7) is 4.62. The lowest BCUT2D eigenvalue weighted by molar-refractivity contribution is -0.124. The van der Waals surface area contributed by atoms with Crippen LogP contribution in [-0.2, 0) is 27.5 Å². The molecule has 1 heterocycles. The highest BCUT2D eigenvalue weighted by molar-refractivity contribution is 5.79. The number of nitrogens with one attached hydrogen (secondary N) is 1. The molecular weight excluding hydrogens is 294 g/mol. The van der Waals surface area contributed by atoms with Crippen molar-refractivity contribution in [2.45, 2.75) is 20.1 Å². The molecule has 0 aromatic heterocycles. The Morgan fingerprint density at radius 3 is 2.74 bits per heavy atom. The maximum atomic E-state index is 12.1. The maximum Gasteiger partial charge on any atom is 0.234 e. The van der Waals surface area contributed by atoms with Gasteiger partial charge in [-0.05, 0) is 17.0 Å². The van der Waals surface area contributed by atoms with Crippen molar-refractivity contribution in [3.63, 3.8) is 0 Å². The molecule has 2 atom stereocenters. The van der Waals surface area contributed by atoms with E-state index < -0.39 is 0 Å². The molecule has 1 fully saturated rings. The van der Waals surface area contributed by atoms with Crippen molar-refractivity contribution in [1.82, 2.24) is 10.2 Å². The fourth-order valence-electron chi connectivity index (χ4n) is 3.02. The molecule has 2 rings (SSSR count). The number of ether oxygens (including phenoxy) is 1. The van der Waals surface area contributed by atoms with Gasteiger partial charge in [-0.3, -0.25) is 14.5 Å². The van der Waals surface area contributed by atoms with E-state index in [4.69, 9.17) is 10.5 Å². The van der Waals surface area contributed by atoms with E-state index in [1.807, 2.05) is 36.1 Å². The number of amides is 2. The van der Waals surface area contributed by atoms with E-state index in [0.717, 1.165) is 17.7 Å². The number of benzene rings is 1. The van der Waals surface area contributed by atoms with Crippen LogP contribution in [0.5, 0.6) is 0 Å². The minimum Gasteiger partial charge on any atom is -0.380 e.